The summed E-state index contributed by atoms with van der Waals surface area (Å²) in [5.41, 5.74) is 0.276. The van der Waals surface area contributed by atoms with Crippen molar-refractivity contribution in [1.82, 2.24) is 0 Å². The molecule has 1 aliphatic carbocycles. The van der Waals surface area contributed by atoms with E-state index in [1.165, 1.54) is 32.1 Å². The molecule has 1 N–H and O–H groups in total. The smallest absolute Gasteiger partial charge is 0.0489 e. The summed E-state index contributed by atoms with van der Waals surface area (Å²) in [6.07, 6.45) is 6.48. The highest BCUT2D eigenvalue weighted by Gasteiger charge is 2.34. The summed E-state index contributed by atoms with van der Waals surface area (Å²) in [5.74, 6) is 0.646. The van der Waals surface area contributed by atoms with Crippen LogP contribution < -0.4 is 0 Å². The first-order chi connectivity index (χ1) is 5.21. The Bertz CT molecular complexity index is 112. The summed E-state index contributed by atoms with van der Waals surface area (Å²) in [6, 6.07) is 0. The standard InChI is InChI=1S/C10H20O/c1-9(2)10(8-11)6-4-3-5-7-10/h9,11H,3-8H2,1-2H3. The summed E-state index contributed by atoms with van der Waals surface area (Å²) in [5, 5.41) is 9.31. The zero-order valence-electron chi connectivity index (χ0n) is 7.77. The first-order valence-electron chi connectivity index (χ1n) is 4.82. The van der Waals surface area contributed by atoms with Gasteiger partial charge in [0.1, 0.15) is 0 Å². The van der Waals surface area contributed by atoms with Gasteiger partial charge in [0.25, 0.3) is 0 Å². The quantitative estimate of drug-likeness (QED) is 0.651. The lowest BCUT2D eigenvalue weighted by molar-refractivity contribution is 0.0378. The van der Waals surface area contributed by atoms with Gasteiger partial charge in [0.05, 0.1) is 0 Å². The van der Waals surface area contributed by atoms with Crippen molar-refractivity contribution in [2.24, 2.45) is 11.3 Å². The van der Waals surface area contributed by atoms with E-state index in [0.717, 1.165) is 0 Å². The molecule has 0 aliphatic heterocycles. The lowest BCUT2D eigenvalue weighted by atomic mass is 9.68. The molecule has 0 amide bonds. The normalized spacial score (nSPS) is 24.0. The molecular formula is C10H20O. The van der Waals surface area contributed by atoms with E-state index >= 15 is 0 Å². The monoisotopic (exact) mass is 156 g/mol. The van der Waals surface area contributed by atoms with Crippen LogP contribution in [-0.2, 0) is 0 Å². The van der Waals surface area contributed by atoms with Gasteiger partial charge in [-0.25, -0.2) is 0 Å². The third-order valence-electron chi connectivity index (χ3n) is 3.39. The Hall–Kier alpha value is -0.0400. The number of hydrogen-bond acceptors (Lipinski definition) is 1. The summed E-state index contributed by atoms with van der Waals surface area (Å²) >= 11 is 0. The molecule has 0 bridgehead atoms. The SMILES string of the molecule is CC(C)C1(CO)CCCCC1. The van der Waals surface area contributed by atoms with Gasteiger partial charge in [0.15, 0.2) is 0 Å². The van der Waals surface area contributed by atoms with Crippen molar-refractivity contribution in [3.8, 4) is 0 Å². The Kier molecular flexibility index (Phi) is 2.94. The highest BCUT2D eigenvalue weighted by atomic mass is 16.3. The van der Waals surface area contributed by atoms with E-state index in [9.17, 15) is 5.11 Å². The highest BCUT2D eigenvalue weighted by molar-refractivity contribution is 4.84. The van der Waals surface area contributed by atoms with E-state index in [1.807, 2.05) is 0 Å². The average Bonchev–Trinajstić information content (AvgIpc) is 2.05. The van der Waals surface area contributed by atoms with Crippen LogP contribution in [0.5, 0.6) is 0 Å². The van der Waals surface area contributed by atoms with E-state index < -0.39 is 0 Å². The summed E-state index contributed by atoms with van der Waals surface area (Å²) in [6.45, 7) is 4.87. The fourth-order valence-electron chi connectivity index (χ4n) is 2.17. The molecule has 0 aromatic carbocycles. The Labute approximate surface area is 69.8 Å². The van der Waals surface area contributed by atoms with Crippen LogP contribution in [0.1, 0.15) is 46.0 Å². The summed E-state index contributed by atoms with van der Waals surface area (Å²) in [4.78, 5) is 0. The molecular weight excluding hydrogens is 136 g/mol. The summed E-state index contributed by atoms with van der Waals surface area (Å²) in [7, 11) is 0. The fraction of sp³-hybridized carbons (Fsp3) is 1.00. The zero-order chi connectivity index (χ0) is 8.32. The first kappa shape index (κ1) is 9.05. The molecule has 1 rings (SSSR count). The van der Waals surface area contributed by atoms with Gasteiger partial charge in [0, 0.05) is 6.61 Å². The van der Waals surface area contributed by atoms with Crippen LogP contribution in [-0.4, -0.2) is 11.7 Å². The number of hydrogen-bond donors (Lipinski definition) is 1. The van der Waals surface area contributed by atoms with Crippen LogP contribution in [0.25, 0.3) is 0 Å². The molecule has 66 valence electrons. The number of aliphatic hydroxyl groups is 1. The molecule has 0 unspecified atom stereocenters. The highest BCUT2D eigenvalue weighted by Crippen LogP contribution is 2.41. The Morgan fingerprint density at radius 2 is 1.73 bits per heavy atom. The third-order valence-corrected chi connectivity index (χ3v) is 3.39. The lowest BCUT2D eigenvalue weighted by Crippen LogP contribution is -2.33. The van der Waals surface area contributed by atoms with Gasteiger partial charge in [-0.05, 0) is 24.2 Å². The minimum Gasteiger partial charge on any atom is -0.396 e. The van der Waals surface area contributed by atoms with Gasteiger partial charge in [-0.1, -0.05) is 33.1 Å². The molecule has 1 saturated carbocycles. The molecule has 1 fully saturated rings. The van der Waals surface area contributed by atoms with Crippen molar-refractivity contribution in [3.05, 3.63) is 0 Å². The van der Waals surface area contributed by atoms with Gasteiger partial charge in [0.2, 0.25) is 0 Å². The fourth-order valence-corrected chi connectivity index (χ4v) is 2.17. The van der Waals surface area contributed by atoms with Crippen LogP contribution in [0.3, 0.4) is 0 Å². The largest absolute Gasteiger partial charge is 0.396 e. The van der Waals surface area contributed by atoms with Gasteiger partial charge >= 0.3 is 0 Å². The minimum atomic E-state index is 0.276. The van der Waals surface area contributed by atoms with E-state index in [1.54, 1.807) is 0 Å². The Morgan fingerprint density at radius 1 is 1.18 bits per heavy atom. The number of aliphatic hydroxyl groups excluding tert-OH is 1. The number of rotatable bonds is 2. The second-order valence-electron chi connectivity index (χ2n) is 4.24. The van der Waals surface area contributed by atoms with E-state index in [0.29, 0.717) is 12.5 Å². The van der Waals surface area contributed by atoms with Gasteiger partial charge < -0.3 is 5.11 Å². The average molecular weight is 156 g/mol. The molecule has 0 aromatic heterocycles. The molecule has 0 spiro atoms. The summed E-state index contributed by atoms with van der Waals surface area (Å²) < 4.78 is 0. The van der Waals surface area contributed by atoms with Crippen molar-refractivity contribution in [2.75, 3.05) is 6.61 Å². The van der Waals surface area contributed by atoms with E-state index in [-0.39, 0.29) is 5.41 Å². The maximum Gasteiger partial charge on any atom is 0.0489 e. The maximum absolute atomic E-state index is 9.31. The molecule has 0 heterocycles. The Balaban J connectivity index is 2.57. The van der Waals surface area contributed by atoms with Gasteiger partial charge in [-0.3, -0.25) is 0 Å². The van der Waals surface area contributed by atoms with Crippen molar-refractivity contribution in [2.45, 2.75) is 46.0 Å². The van der Waals surface area contributed by atoms with E-state index in [2.05, 4.69) is 13.8 Å². The van der Waals surface area contributed by atoms with Crippen molar-refractivity contribution >= 4 is 0 Å². The second kappa shape index (κ2) is 3.57. The van der Waals surface area contributed by atoms with Crippen molar-refractivity contribution < 1.29 is 5.11 Å². The van der Waals surface area contributed by atoms with Crippen molar-refractivity contribution in [1.29, 1.82) is 0 Å². The maximum atomic E-state index is 9.31. The van der Waals surface area contributed by atoms with E-state index in [4.69, 9.17) is 0 Å². The Morgan fingerprint density at radius 3 is 2.00 bits per heavy atom. The molecule has 0 saturated heterocycles. The molecule has 1 aliphatic rings. The third kappa shape index (κ3) is 1.76. The zero-order valence-corrected chi connectivity index (χ0v) is 7.77. The molecule has 0 atom stereocenters. The second-order valence-corrected chi connectivity index (χ2v) is 4.24. The predicted octanol–water partition coefficient (Wildman–Crippen LogP) is 2.59. The van der Waals surface area contributed by atoms with Crippen LogP contribution in [0.4, 0.5) is 0 Å². The molecule has 0 aromatic rings. The molecule has 11 heavy (non-hydrogen) atoms. The predicted molar refractivity (Wildman–Crippen MR) is 47.4 cm³/mol. The molecule has 1 nitrogen and oxygen atoms in total. The molecule has 0 radical (unpaired) electrons. The van der Waals surface area contributed by atoms with Crippen LogP contribution in [0, 0.1) is 11.3 Å². The first-order valence-corrected chi connectivity index (χ1v) is 4.82. The van der Waals surface area contributed by atoms with Crippen LogP contribution in [0.15, 0.2) is 0 Å². The van der Waals surface area contributed by atoms with Crippen LogP contribution in [0.2, 0.25) is 0 Å². The lowest BCUT2D eigenvalue weighted by Gasteiger charge is -2.39. The minimum absolute atomic E-state index is 0.276. The van der Waals surface area contributed by atoms with Crippen molar-refractivity contribution in [3.63, 3.8) is 0 Å². The topological polar surface area (TPSA) is 20.2 Å². The van der Waals surface area contributed by atoms with Gasteiger partial charge in [-0.2, -0.15) is 0 Å². The molecule has 1 heteroatoms. The van der Waals surface area contributed by atoms with Crippen LogP contribution >= 0.6 is 0 Å². The van der Waals surface area contributed by atoms with Gasteiger partial charge in [-0.15, -0.1) is 0 Å².